The van der Waals surface area contributed by atoms with Gasteiger partial charge in [-0.1, -0.05) is 46.9 Å². The molecule has 0 amide bonds. The Morgan fingerprint density at radius 2 is 1.72 bits per heavy atom. The third-order valence-electron chi connectivity index (χ3n) is 6.39. The van der Waals surface area contributed by atoms with Gasteiger partial charge in [-0.2, -0.15) is 0 Å². The van der Waals surface area contributed by atoms with Crippen molar-refractivity contribution in [3.63, 3.8) is 0 Å². The lowest BCUT2D eigenvalue weighted by atomic mass is 9.91. The van der Waals surface area contributed by atoms with E-state index in [-0.39, 0.29) is 6.04 Å². The van der Waals surface area contributed by atoms with Crippen LogP contribution in [0.1, 0.15) is 37.3 Å². The molecular weight excluding hydrogens is 425 g/mol. The number of nitrogens with zero attached hydrogens (tertiary/aromatic N) is 2. The zero-order chi connectivity index (χ0) is 20.4. The van der Waals surface area contributed by atoms with Crippen LogP contribution in [0.5, 0.6) is 0 Å². The number of piperidine rings is 1. The van der Waals surface area contributed by atoms with Crippen molar-refractivity contribution in [3.8, 4) is 0 Å². The van der Waals surface area contributed by atoms with Gasteiger partial charge in [-0.25, -0.2) is 0 Å². The highest BCUT2D eigenvalue weighted by Gasteiger charge is 2.31. The van der Waals surface area contributed by atoms with Crippen molar-refractivity contribution in [2.75, 3.05) is 31.6 Å². The minimum Gasteiger partial charge on any atom is -0.363 e. The van der Waals surface area contributed by atoms with Gasteiger partial charge < -0.3 is 15.1 Å². The summed E-state index contributed by atoms with van der Waals surface area (Å²) in [5.74, 6) is 0. The van der Waals surface area contributed by atoms with Gasteiger partial charge in [-0.15, -0.1) is 0 Å². The maximum absolute atomic E-state index is 6.57. The Hall–Kier alpha value is -0.970. The SMILES string of the molecule is CN1CCCC1CNC1CCN(c2ccc(Cl)cc2Cl)[C@@H](c2ccc(Cl)cc2)C1. The van der Waals surface area contributed by atoms with E-state index in [1.54, 1.807) is 0 Å². The smallest absolute Gasteiger partial charge is 0.0654 e. The lowest BCUT2D eigenvalue weighted by Crippen LogP contribution is -2.47. The number of hydrogen-bond acceptors (Lipinski definition) is 3. The van der Waals surface area contributed by atoms with Gasteiger partial charge in [0.15, 0.2) is 0 Å². The molecule has 0 radical (unpaired) electrons. The number of nitrogens with one attached hydrogen (secondary N) is 1. The molecule has 6 heteroatoms. The van der Waals surface area contributed by atoms with E-state index >= 15 is 0 Å². The second kappa shape index (κ2) is 9.45. The second-order valence-electron chi connectivity index (χ2n) is 8.26. The van der Waals surface area contributed by atoms with Crippen LogP contribution in [0.15, 0.2) is 42.5 Å². The number of rotatable bonds is 5. The quantitative estimate of drug-likeness (QED) is 0.596. The average Bonchev–Trinajstić information content (AvgIpc) is 3.12. The molecule has 0 saturated carbocycles. The Morgan fingerprint density at radius 1 is 0.966 bits per heavy atom. The number of hydrogen-bond donors (Lipinski definition) is 1. The van der Waals surface area contributed by atoms with Crippen molar-refractivity contribution in [1.82, 2.24) is 10.2 Å². The molecule has 2 aliphatic rings. The fraction of sp³-hybridized carbons (Fsp3) is 0.478. The summed E-state index contributed by atoms with van der Waals surface area (Å²) < 4.78 is 0. The van der Waals surface area contributed by atoms with E-state index in [4.69, 9.17) is 34.8 Å². The van der Waals surface area contributed by atoms with Gasteiger partial charge in [0.25, 0.3) is 0 Å². The van der Waals surface area contributed by atoms with Gasteiger partial charge >= 0.3 is 0 Å². The number of anilines is 1. The van der Waals surface area contributed by atoms with Crippen LogP contribution in [-0.4, -0.2) is 43.7 Å². The highest BCUT2D eigenvalue weighted by Crippen LogP contribution is 2.39. The predicted octanol–water partition coefficient (Wildman–Crippen LogP) is 6.04. The molecule has 0 bridgehead atoms. The lowest BCUT2D eigenvalue weighted by molar-refractivity contribution is 0.274. The lowest BCUT2D eigenvalue weighted by Gasteiger charge is -2.42. The first-order valence-electron chi connectivity index (χ1n) is 10.4. The first-order valence-corrected chi connectivity index (χ1v) is 11.6. The molecule has 2 saturated heterocycles. The van der Waals surface area contributed by atoms with Crippen LogP contribution in [0.2, 0.25) is 15.1 Å². The van der Waals surface area contributed by atoms with Crippen LogP contribution in [0, 0.1) is 0 Å². The molecule has 2 fully saturated rings. The molecule has 2 heterocycles. The Morgan fingerprint density at radius 3 is 2.41 bits per heavy atom. The summed E-state index contributed by atoms with van der Waals surface area (Å²) in [5.41, 5.74) is 2.31. The molecule has 0 spiro atoms. The van der Waals surface area contributed by atoms with E-state index in [9.17, 15) is 0 Å². The van der Waals surface area contributed by atoms with Crippen LogP contribution in [0.4, 0.5) is 5.69 Å². The number of benzene rings is 2. The molecule has 3 atom stereocenters. The van der Waals surface area contributed by atoms with Crippen LogP contribution in [0.3, 0.4) is 0 Å². The van der Waals surface area contributed by atoms with Gasteiger partial charge in [0.05, 0.1) is 16.8 Å². The summed E-state index contributed by atoms with van der Waals surface area (Å²) in [7, 11) is 2.24. The van der Waals surface area contributed by atoms with E-state index in [2.05, 4.69) is 34.3 Å². The maximum atomic E-state index is 6.57. The predicted molar refractivity (Wildman–Crippen MR) is 125 cm³/mol. The molecule has 1 N–H and O–H groups in total. The van der Waals surface area contributed by atoms with E-state index in [1.807, 2.05) is 30.3 Å². The molecule has 2 aromatic rings. The molecule has 2 aromatic carbocycles. The van der Waals surface area contributed by atoms with Crippen molar-refractivity contribution >= 4 is 40.5 Å². The van der Waals surface area contributed by atoms with Crippen molar-refractivity contribution in [1.29, 1.82) is 0 Å². The minimum atomic E-state index is 0.249. The van der Waals surface area contributed by atoms with Gasteiger partial charge in [0.1, 0.15) is 0 Å². The molecule has 29 heavy (non-hydrogen) atoms. The molecule has 156 valence electrons. The van der Waals surface area contributed by atoms with Crippen molar-refractivity contribution in [2.24, 2.45) is 0 Å². The topological polar surface area (TPSA) is 18.5 Å². The third kappa shape index (κ3) is 5.03. The van der Waals surface area contributed by atoms with E-state index in [1.165, 1.54) is 24.9 Å². The van der Waals surface area contributed by atoms with E-state index in [0.717, 1.165) is 36.6 Å². The normalized spacial score (nSPS) is 25.5. The first-order chi connectivity index (χ1) is 14.0. The van der Waals surface area contributed by atoms with E-state index in [0.29, 0.717) is 22.1 Å². The highest BCUT2D eigenvalue weighted by atomic mass is 35.5. The molecule has 0 aliphatic carbocycles. The van der Waals surface area contributed by atoms with Gasteiger partial charge in [-0.3, -0.25) is 0 Å². The summed E-state index contributed by atoms with van der Waals surface area (Å²) >= 11 is 18.9. The Kier molecular flexibility index (Phi) is 6.93. The van der Waals surface area contributed by atoms with Gasteiger partial charge in [0.2, 0.25) is 0 Å². The minimum absolute atomic E-state index is 0.249. The molecule has 3 nitrogen and oxygen atoms in total. The average molecular weight is 453 g/mol. The molecule has 2 unspecified atom stereocenters. The van der Waals surface area contributed by atoms with Crippen LogP contribution >= 0.6 is 34.8 Å². The summed E-state index contributed by atoms with van der Waals surface area (Å²) in [5, 5.41) is 5.99. The van der Waals surface area contributed by atoms with E-state index < -0.39 is 0 Å². The third-order valence-corrected chi connectivity index (χ3v) is 7.18. The molecule has 0 aromatic heterocycles. The van der Waals surface area contributed by atoms with Crippen LogP contribution in [0.25, 0.3) is 0 Å². The summed E-state index contributed by atoms with van der Waals surface area (Å²) in [6.07, 6.45) is 4.74. The zero-order valence-electron chi connectivity index (χ0n) is 16.8. The first kappa shape index (κ1) is 21.3. The van der Waals surface area contributed by atoms with Crippen LogP contribution in [-0.2, 0) is 0 Å². The fourth-order valence-electron chi connectivity index (χ4n) is 4.69. The number of likely N-dealkylation sites (tertiary alicyclic amines) is 1. The Balaban J connectivity index is 1.53. The van der Waals surface area contributed by atoms with Gasteiger partial charge in [-0.05, 0) is 75.2 Å². The second-order valence-corrected chi connectivity index (χ2v) is 9.54. The summed E-state index contributed by atoms with van der Waals surface area (Å²) in [6.45, 7) is 3.23. The van der Waals surface area contributed by atoms with Crippen molar-refractivity contribution < 1.29 is 0 Å². The number of halogens is 3. The highest BCUT2D eigenvalue weighted by molar-refractivity contribution is 6.36. The molecular formula is C23H28Cl3N3. The largest absolute Gasteiger partial charge is 0.363 e. The van der Waals surface area contributed by atoms with Crippen molar-refractivity contribution in [3.05, 3.63) is 63.1 Å². The number of likely N-dealkylation sites (N-methyl/N-ethyl adjacent to an activating group) is 1. The van der Waals surface area contributed by atoms with Gasteiger partial charge in [0, 0.05) is 35.2 Å². The Labute approximate surface area is 188 Å². The summed E-state index contributed by atoms with van der Waals surface area (Å²) in [6, 6.07) is 15.4. The fourth-order valence-corrected chi connectivity index (χ4v) is 5.34. The van der Waals surface area contributed by atoms with Crippen LogP contribution < -0.4 is 10.2 Å². The standard InChI is InChI=1S/C23H28Cl3N3/c1-28-11-2-3-20(28)15-27-19-10-12-29(22-9-8-18(25)13-21(22)26)23(14-19)16-4-6-17(24)7-5-16/h4-9,13,19-20,23,27H,2-3,10-12,14-15H2,1H3/t19?,20?,23-/m1/s1. The zero-order valence-corrected chi connectivity index (χ0v) is 19.0. The molecule has 4 rings (SSSR count). The molecule has 2 aliphatic heterocycles. The van der Waals surface area contributed by atoms with Crippen molar-refractivity contribution in [2.45, 2.75) is 43.8 Å². The summed E-state index contributed by atoms with van der Waals surface area (Å²) in [4.78, 5) is 4.90. The Bertz CT molecular complexity index is 827. The monoisotopic (exact) mass is 451 g/mol. The maximum Gasteiger partial charge on any atom is 0.0654 e.